The van der Waals surface area contributed by atoms with Crippen LogP contribution in [0.5, 0.6) is 5.88 Å². The number of anilines is 3. The second kappa shape index (κ2) is 10.9. The molecule has 2 aliphatic heterocycles. The smallest absolute Gasteiger partial charge is 0.237 e. The summed E-state index contributed by atoms with van der Waals surface area (Å²) in [5, 5.41) is 16.9. The standard InChI is InChI=1S/C27H30ClN7O2/c1-27(17-37-10-9-35-7-3-4-8-35)16-32-24-19(14-29)11-18(12-21(24)27)22-5-6-30-26(33-22)34-23-13-20(28)15-31-25(23)36-2/h5-6,11-13,15,32H,3-4,7-10,16-17H2,1-2H3,(H,30,33,34). The molecule has 192 valence electrons. The first-order valence-electron chi connectivity index (χ1n) is 12.4. The molecule has 4 heterocycles. The number of nitriles is 1. The van der Waals surface area contributed by atoms with Gasteiger partial charge in [0.1, 0.15) is 11.8 Å². The van der Waals surface area contributed by atoms with Gasteiger partial charge in [0.2, 0.25) is 11.8 Å². The van der Waals surface area contributed by atoms with Crippen LogP contribution in [-0.2, 0) is 10.2 Å². The molecule has 10 heteroatoms. The second-order valence-electron chi connectivity index (χ2n) is 9.67. The summed E-state index contributed by atoms with van der Waals surface area (Å²) in [6, 6.07) is 9.84. The number of halogens is 1. The van der Waals surface area contributed by atoms with Crippen LogP contribution in [-0.4, -0.2) is 66.4 Å². The van der Waals surface area contributed by atoms with Crippen molar-refractivity contribution in [3.05, 3.63) is 52.8 Å². The van der Waals surface area contributed by atoms with Crippen LogP contribution < -0.4 is 15.4 Å². The van der Waals surface area contributed by atoms with Crippen molar-refractivity contribution in [3.63, 3.8) is 0 Å². The molecule has 0 bridgehead atoms. The maximum atomic E-state index is 9.91. The van der Waals surface area contributed by atoms with Gasteiger partial charge < -0.3 is 25.0 Å². The lowest BCUT2D eigenvalue weighted by molar-refractivity contribution is 0.0788. The molecule has 0 radical (unpaired) electrons. The Morgan fingerprint density at radius 2 is 2.08 bits per heavy atom. The van der Waals surface area contributed by atoms with E-state index in [1.165, 1.54) is 26.1 Å². The van der Waals surface area contributed by atoms with Crippen LogP contribution in [0.25, 0.3) is 11.3 Å². The SMILES string of the molecule is COc1ncc(Cl)cc1Nc1nccc(-c2cc(C#N)c3c(c2)C(C)(COCCN2CCCC2)CN3)n1. The molecule has 0 spiro atoms. The Balaban J connectivity index is 1.38. The minimum atomic E-state index is -0.254. The zero-order chi connectivity index (χ0) is 25.8. The van der Waals surface area contributed by atoms with E-state index < -0.39 is 0 Å². The van der Waals surface area contributed by atoms with Gasteiger partial charge in [0.15, 0.2) is 0 Å². The number of aromatic nitrogens is 3. The van der Waals surface area contributed by atoms with Crippen LogP contribution in [0, 0.1) is 11.3 Å². The van der Waals surface area contributed by atoms with Gasteiger partial charge in [0.25, 0.3) is 0 Å². The molecule has 1 atom stereocenters. The molecule has 37 heavy (non-hydrogen) atoms. The van der Waals surface area contributed by atoms with Gasteiger partial charge in [0, 0.05) is 36.5 Å². The predicted octanol–water partition coefficient (Wildman–Crippen LogP) is 4.61. The van der Waals surface area contributed by atoms with E-state index in [9.17, 15) is 5.26 Å². The fraction of sp³-hybridized carbons (Fsp3) is 0.407. The molecule has 0 aliphatic carbocycles. The Bertz CT molecular complexity index is 1320. The van der Waals surface area contributed by atoms with Crippen LogP contribution in [0.4, 0.5) is 17.3 Å². The number of fused-ring (bicyclic) bond motifs is 1. The lowest BCUT2D eigenvalue weighted by Gasteiger charge is -2.25. The molecule has 1 fully saturated rings. The van der Waals surface area contributed by atoms with Crippen molar-refractivity contribution in [3.8, 4) is 23.2 Å². The first-order valence-corrected chi connectivity index (χ1v) is 12.8. The first kappa shape index (κ1) is 25.2. The van der Waals surface area contributed by atoms with Gasteiger partial charge in [-0.25, -0.2) is 15.0 Å². The Morgan fingerprint density at radius 1 is 1.24 bits per heavy atom. The van der Waals surface area contributed by atoms with Crippen molar-refractivity contribution >= 4 is 28.9 Å². The van der Waals surface area contributed by atoms with E-state index in [4.69, 9.17) is 26.1 Å². The van der Waals surface area contributed by atoms with Gasteiger partial charge in [-0.2, -0.15) is 5.26 Å². The van der Waals surface area contributed by atoms with Crippen molar-refractivity contribution < 1.29 is 9.47 Å². The maximum absolute atomic E-state index is 9.91. The number of likely N-dealkylation sites (tertiary alicyclic amines) is 1. The largest absolute Gasteiger partial charge is 0.480 e. The van der Waals surface area contributed by atoms with Crippen LogP contribution in [0.3, 0.4) is 0 Å². The molecule has 2 N–H and O–H groups in total. The van der Waals surface area contributed by atoms with Crippen molar-refractivity contribution in [2.45, 2.75) is 25.2 Å². The maximum Gasteiger partial charge on any atom is 0.237 e. The molecule has 0 amide bonds. The third-order valence-corrected chi connectivity index (χ3v) is 7.15. The van der Waals surface area contributed by atoms with Crippen LogP contribution in [0.1, 0.15) is 30.9 Å². The van der Waals surface area contributed by atoms with Crippen LogP contribution in [0.15, 0.2) is 36.7 Å². The number of nitrogens with one attached hydrogen (secondary N) is 2. The third kappa shape index (κ3) is 5.47. The average molecular weight is 520 g/mol. The predicted molar refractivity (Wildman–Crippen MR) is 144 cm³/mol. The van der Waals surface area contributed by atoms with Crippen molar-refractivity contribution in [2.24, 2.45) is 0 Å². The zero-order valence-electron chi connectivity index (χ0n) is 21.1. The molecule has 1 saturated heterocycles. The summed E-state index contributed by atoms with van der Waals surface area (Å²) in [7, 11) is 1.54. The molecule has 2 aromatic heterocycles. The number of nitrogens with zero attached hydrogens (tertiary/aromatic N) is 5. The van der Waals surface area contributed by atoms with E-state index in [1.807, 2.05) is 12.1 Å². The van der Waals surface area contributed by atoms with Crippen molar-refractivity contribution in [1.82, 2.24) is 19.9 Å². The number of pyridine rings is 1. The Morgan fingerprint density at radius 3 is 2.86 bits per heavy atom. The van der Waals surface area contributed by atoms with Crippen molar-refractivity contribution in [1.29, 1.82) is 5.26 Å². The van der Waals surface area contributed by atoms with Gasteiger partial charge >= 0.3 is 0 Å². The summed E-state index contributed by atoms with van der Waals surface area (Å²) in [6.07, 6.45) is 5.74. The van der Waals surface area contributed by atoms with Crippen molar-refractivity contribution in [2.75, 3.05) is 57.1 Å². The normalized spacial score (nSPS) is 18.8. The monoisotopic (exact) mass is 519 g/mol. The highest BCUT2D eigenvalue weighted by molar-refractivity contribution is 6.30. The number of ether oxygens (including phenoxy) is 2. The minimum absolute atomic E-state index is 0.254. The second-order valence-corrected chi connectivity index (χ2v) is 10.1. The summed E-state index contributed by atoms with van der Waals surface area (Å²) in [5.41, 5.74) is 4.36. The van der Waals surface area contributed by atoms with E-state index >= 15 is 0 Å². The highest BCUT2D eigenvalue weighted by Gasteiger charge is 2.37. The van der Waals surface area contributed by atoms with E-state index in [0.29, 0.717) is 53.6 Å². The minimum Gasteiger partial charge on any atom is -0.480 e. The molecule has 0 saturated carbocycles. The lowest BCUT2D eigenvalue weighted by Crippen LogP contribution is -2.32. The summed E-state index contributed by atoms with van der Waals surface area (Å²) < 4.78 is 11.5. The molecule has 1 aromatic carbocycles. The number of methoxy groups -OCH3 is 1. The van der Waals surface area contributed by atoms with Crippen LogP contribution >= 0.6 is 11.6 Å². The summed E-state index contributed by atoms with van der Waals surface area (Å²) >= 11 is 6.11. The van der Waals surface area contributed by atoms with E-state index in [1.54, 1.807) is 12.3 Å². The third-order valence-electron chi connectivity index (χ3n) is 6.94. The zero-order valence-corrected chi connectivity index (χ0v) is 21.8. The Labute approximate surface area is 221 Å². The number of hydrogen-bond donors (Lipinski definition) is 2. The first-order chi connectivity index (χ1) is 18.0. The average Bonchev–Trinajstić information content (AvgIpc) is 3.55. The van der Waals surface area contributed by atoms with E-state index in [-0.39, 0.29) is 5.41 Å². The Hall–Kier alpha value is -3.45. The van der Waals surface area contributed by atoms with Crippen LogP contribution in [0.2, 0.25) is 5.02 Å². The summed E-state index contributed by atoms with van der Waals surface area (Å²) in [4.78, 5) is 15.7. The number of rotatable bonds is 9. The summed E-state index contributed by atoms with van der Waals surface area (Å²) in [5.74, 6) is 0.749. The fourth-order valence-corrected chi connectivity index (χ4v) is 5.09. The van der Waals surface area contributed by atoms with Gasteiger partial charge in [-0.1, -0.05) is 18.5 Å². The van der Waals surface area contributed by atoms with E-state index in [2.05, 4.69) is 44.6 Å². The molecule has 1 unspecified atom stereocenters. The number of benzene rings is 1. The molecular formula is C27H30ClN7O2. The summed E-state index contributed by atoms with van der Waals surface area (Å²) in [6.45, 7) is 7.46. The topological polar surface area (TPSA) is 108 Å². The highest BCUT2D eigenvalue weighted by atomic mass is 35.5. The van der Waals surface area contributed by atoms with E-state index in [0.717, 1.165) is 36.4 Å². The number of hydrogen-bond acceptors (Lipinski definition) is 9. The molecule has 5 rings (SSSR count). The lowest BCUT2D eigenvalue weighted by atomic mass is 9.83. The molecule has 2 aliphatic rings. The quantitative estimate of drug-likeness (QED) is 0.391. The highest BCUT2D eigenvalue weighted by Crippen LogP contribution is 2.41. The van der Waals surface area contributed by atoms with Gasteiger partial charge in [-0.3, -0.25) is 0 Å². The Kier molecular flexibility index (Phi) is 7.42. The van der Waals surface area contributed by atoms with Gasteiger partial charge in [-0.05, 0) is 55.8 Å². The molecular weight excluding hydrogens is 490 g/mol. The van der Waals surface area contributed by atoms with Gasteiger partial charge in [-0.15, -0.1) is 0 Å². The fourth-order valence-electron chi connectivity index (χ4n) is 4.93. The van der Waals surface area contributed by atoms with Gasteiger partial charge in [0.05, 0.1) is 42.3 Å². The molecule has 9 nitrogen and oxygen atoms in total. The molecule has 3 aromatic rings.